The van der Waals surface area contributed by atoms with Gasteiger partial charge in [-0.2, -0.15) is 5.10 Å². The lowest BCUT2D eigenvalue weighted by molar-refractivity contribution is 0.571. The second-order valence-corrected chi connectivity index (χ2v) is 5.46. The molecule has 0 bridgehead atoms. The van der Waals surface area contributed by atoms with Crippen LogP contribution in [0.25, 0.3) is 0 Å². The van der Waals surface area contributed by atoms with Gasteiger partial charge in [0.1, 0.15) is 0 Å². The summed E-state index contributed by atoms with van der Waals surface area (Å²) in [6.45, 7) is 5.00. The van der Waals surface area contributed by atoms with E-state index in [-0.39, 0.29) is 6.04 Å². The molecule has 20 heavy (non-hydrogen) atoms. The number of rotatable bonds is 5. The number of halogens is 2. The Hall–Kier alpha value is -1.03. The van der Waals surface area contributed by atoms with E-state index in [1.165, 1.54) is 0 Å². The third kappa shape index (κ3) is 3.00. The minimum absolute atomic E-state index is 0.0102. The predicted molar refractivity (Wildman–Crippen MR) is 84.6 cm³/mol. The highest BCUT2D eigenvalue weighted by molar-refractivity contribution is 6.42. The molecule has 5 heteroatoms. The molecular weight excluding hydrogens is 293 g/mol. The molecule has 0 amide bonds. The van der Waals surface area contributed by atoms with Gasteiger partial charge in [0.15, 0.2) is 0 Å². The molecule has 0 saturated carbocycles. The van der Waals surface area contributed by atoms with Crippen LogP contribution in [0.15, 0.2) is 24.3 Å². The molecule has 0 aliphatic rings. The van der Waals surface area contributed by atoms with E-state index in [1.807, 2.05) is 23.9 Å². The Morgan fingerprint density at radius 1 is 1.30 bits per heavy atom. The monoisotopic (exact) mass is 311 g/mol. The lowest BCUT2D eigenvalue weighted by atomic mass is 10.0. The molecule has 0 radical (unpaired) electrons. The second kappa shape index (κ2) is 6.61. The Morgan fingerprint density at radius 2 is 2.05 bits per heavy atom. The van der Waals surface area contributed by atoms with Crippen LogP contribution in [0.2, 0.25) is 10.0 Å². The van der Waals surface area contributed by atoms with E-state index in [0.29, 0.717) is 10.0 Å². The minimum atomic E-state index is -0.0102. The molecule has 2 rings (SSSR count). The number of hydrogen-bond donors (Lipinski definition) is 1. The molecule has 0 aliphatic carbocycles. The average molecular weight is 312 g/mol. The minimum Gasteiger partial charge on any atom is -0.305 e. The molecule has 0 aliphatic heterocycles. The van der Waals surface area contributed by atoms with Crippen molar-refractivity contribution < 1.29 is 0 Å². The van der Waals surface area contributed by atoms with Gasteiger partial charge in [-0.05, 0) is 30.7 Å². The molecule has 0 fully saturated rings. The zero-order valence-corrected chi connectivity index (χ0v) is 13.5. The number of nitrogens with one attached hydrogen (secondary N) is 1. The summed E-state index contributed by atoms with van der Waals surface area (Å²) in [6.07, 6.45) is 0.913. The Labute approximate surface area is 129 Å². The Morgan fingerprint density at radius 3 is 2.65 bits per heavy atom. The van der Waals surface area contributed by atoms with Crippen LogP contribution in [0.5, 0.6) is 0 Å². The van der Waals surface area contributed by atoms with Crippen LogP contribution >= 0.6 is 23.2 Å². The molecule has 0 spiro atoms. The van der Waals surface area contributed by atoms with Crippen LogP contribution in [0.3, 0.4) is 0 Å². The van der Waals surface area contributed by atoms with Crippen molar-refractivity contribution in [2.75, 3.05) is 6.54 Å². The van der Waals surface area contributed by atoms with Gasteiger partial charge >= 0.3 is 0 Å². The molecule has 1 aromatic carbocycles. The Balaban J connectivity index is 2.50. The van der Waals surface area contributed by atoms with Gasteiger partial charge in [-0.3, -0.25) is 4.68 Å². The van der Waals surface area contributed by atoms with Crippen LogP contribution in [-0.2, 0) is 13.5 Å². The number of hydrogen-bond acceptors (Lipinski definition) is 2. The van der Waals surface area contributed by atoms with Gasteiger partial charge in [0.05, 0.1) is 27.5 Å². The highest BCUT2D eigenvalue weighted by Gasteiger charge is 2.21. The van der Waals surface area contributed by atoms with E-state index >= 15 is 0 Å². The van der Waals surface area contributed by atoms with Gasteiger partial charge in [-0.15, -0.1) is 0 Å². The number of aromatic nitrogens is 2. The van der Waals surface area contributed by atoms with Gasteiger partial charge in [-0.1, -0.05) is 49.2 Å². The van der Waals surface area contributed by atoms with Crippen molar-refractivity contribution in [1.82, 2.24) is 15.1 Å². The van der Waals surface area contributed by atoms with Gasteiger partial charge in [0.2, 0.25) is 0 Å². The first-order valence-corrected chi connectivity index (χ1v) is 7.54. The maximum atomic E-state index is 6.37. The van der Waals surface area contributed by atoms with Crippen LogP contribution in [0, 0.1) is 0 Å². The molecule has 1 heterocycles. The fraction of sp³-hybridized carbons (Fsp3) is 0.400. The van der Waals surface area contributed by atoms with Crippen molar-refractivity contribution in [2.45, 2.75) is 26.3 Å². The summed E-state index contributed by atoms with van der Waals surface area (Å²) in [5.41, 5.74) is 3.14. The molecular formula is C15H19Cl2N3. The van der Waals surface area contributed by atoms with Crippen molar-refractivity contribution in [3.05, 3.63) is 51.3 Å². The fourth-order valence-corrected chi connectivity index (χ4v) is 2.72. The van der Waals surface area contributed by atoms with E-state index < -0.39 is 0 Å². The summed E-state index contributed by atoms with van der Waals surface area (Å²) in [7, 11) is 1.96. The maximum Gasteiger partial charge on any atom is 0.0763 e. The van der Waals surface area contributed by atoms with Crippen molar-refractivity contribution >= 4 is 23.2 Å². The Kier molecular flexibility index (Phi) is 5.08. The molecule has 3 nitrogen and oxygen atoms in total. The summed E-state index contributed by atoms with van der Waals surface area (Å²) in [5.74, 6) is 0. The lowest BCUT2D eigenvalue weighted by Gasteiger charge is -2.20. The molecule has 1 atom stereocenters. The highest BCUT2D eigenvalue weighted by atomic mass is 35.5. The standard InChI is InChI=1S/C15H19Cl2N3/c1-4-10-9-13(20(3)19-10)15(18-5-2)11-7-6-8-12(16)14(11)17/h6-9,15,18H,4-5H2,1-3H3. The molecule has 1 aromatic heterocycles. The molecule has 108 valence electrons. The first-order chi connectivity index (χ1) is 9.58. The quantitative estimate of drug-likeness (QED) is 0.905. The van der Waals surface area contributed by atoms with E-state index in [2.05, 4.69) is 30.3 Å². The van der Waals surface area contributed by atoms with Crippen LogP contribution < -0.4 is 5.32 Å². The number of benzene rings is 1. The van der Waals surface area contributed by atoms with Crippen LogP contribution in [-0.4, -0.2) is 16.3 Å². The number of nitrogens with zero attached hydrogens (tertiary/aromatic N) is 2. The summed E-state index contributed by atoms with van der Waals surface area (Å²) in [6, 6.07) is 7.83. The predicted octanol–water partition coefficient (Wildman–Crippen LogP) is 3.99. The number of aryl methyl sites for hydroxylation is 2. The lowest BCUT2D eigenvalue weighted by Crippen LogP contribution is -2.24. The topological polar surface area (TPSA) is 29.9 Å². The summed E-state index contributed by atoms with van der Waals surface area (Å²) in [5, 5.41) is 9.14. The van der Waals surface area contributed by atoms with Crippen LogP contribution in [0.4, 0.5) is 0 Å². The van der Waals surface area contributed by atoms with E-state index in [4.69, 9.17) is 23.2 Å². The first-order valence-electron chi connectivity index (χ1n) is 6.78. The van der Waals surface area contributed by atoms with Gasteiger partial charge < -0.3 is 5.32 Å². The van der Waals surface area contributed by atoms with Crippen molar-refractivity contribution in [3.8, 4) is 0 Å². The zero-order valence-electron chi connectivity index (χ0n) is 12.0. The van der Waals surface area contributed by atoms with Crippen LogP contribution in [0.1, 0.15) is 36.8 Å². The maximum absolute atomic E-state index is 6.37. The zero-order chi connectivity index (χ0) is 14.7. The highest BCUT2D eigenvalue weighted by Crippen LogP contribution is 2.33. The first kappa shape index (κ1) is 15.4. The Bertz CT molecular complexity index is 593. The largest absolute Gasteiger partial charge is 0.305 e. The normalized spacial score (nSPS) is 12.7. The summed E-state index contributed by atoms with van der Waals surface area (Å²) >= 11 is 12.5. The summed E-state index contributed by atoms with van der Waals surface area (Å²) < 4.78 is 1.91. The van der Waals surface area contributed by atoms with Gasteiger partial charge in [-0.25, -0.2) is 0 Å². The third-order valence-electron chi connectivity index (χ3n) is 3.33. The molecule has 2 aromatic rings. The van der Waals surface area contributed by atoms with Gasteiger partial charge in [0.25, 0.3) is 0 Å². The average Bonchev–Trinajstić information content (AvgIpc) is 2.81. The molecule has 1 N–H and O–H groups in total. The van der Waals surface area contributed by atoms with E-state index in [0.717, 1.165) is 29.9 Å². The van der Waals surface area contributed by atoms with E-state index in [1.54, 1.807) is 6.07 Å². The van der Waals surface area contributed by atoms with Gasteiger partial charge in [0, 0.05) is 7.05 Å². The van der Waals surface area contributed by atoms with Crippen molar-refractivity contribution in [2.24, 2.45) is 7.05 Å². The SMILES string of the molecule is CCNC(c1cccc(Cl)c1Cl)c1cc(CC)nn1C. The third-order valence-corrected chi connectivity index (χ3v) is 4.16. The second-order valence-electron chi connectivity index (χ2n) is 4.67. The van der Waals surface area contributed by atoms with Crippen molar-refractivity contribution in [3.63, 3.8) is 0 Å². The molecule has 1 unspecified atom stereocenters. The smallest absolute Gasteiger partial charge is 0.0763 e. The summed E-state index contributed by atoms with van der Waals surface area (Å²) in [4.78, 5) is 0. The van der Waals surface area contributed by atoms with E-state index in [9.17, 15) is 0 Å². The van der Waals surface area contributed by atoms with Crippen molar-refractivity contribution in [1.29, 1.82) is 0 Å². The fourth-order valence-electron chi connectivity index (χ4n) is 2.31. The molecule has 0 saturated heterocycles.